The molecule has 0 aromatic heterocycles. The summed E-state index contributed by atoms with van der Waals surface area (Å²) in [5.41, 5.74) is 1.10. The Labute approximate surface area is 140 Å². The molecule has 0 spiro atoms. The smallest absolute Gasteiger partial charge is 0.331 e. The third kappa shape index (κ3) is 3.57. The van der Waals surface area contributed by atoms with Crippen molar-refractivity contribution in [3.05, 3.63) is 58.7 Å². The van der Waals surface area contributed by atoms with Crippen LogP contribution >= 0.6 is 0 Å². The number of carbonyl (C=O) groups is 2. The van der Waals surface area contributed by atoms with Crippen LogP contribution < -0.4 is 0 Å². The Morgan fingerprint density at radius 3 is 2.33 bits per heavy atom. The van der Waals surface area contributed by atoms with Crippen LogP contribution in [0.2, 0.25) is 0 Å². The topological polar surface area (TPSA) is 94.8 Å². The third-order valence-electron chi connectivity index (χ3n) is 4.79. The van der Waals surface area contributed by atoms with Gasteiger partial charge in [0.25, 0.3) is 0 Å². The molecule has 0 radical (unpaired) electrons. The molecule has 0 aliphatic heterocycles. The van der Waals surface area contributed by atoms with Gasteiger partial charge in [-0.05, 0) is 49.8 Å². The van der Waals surface area contributed by atoms with Gasteiger partial charge >= 0.3 is 11.9 Å². The quantitative estimate of drug-likeness (QED) is 0.714. The lowest BCUT2D eigenvalue weighted by Crippen LogP contribution is -2.37. The molecule has 1 aromatic rings. The Morgan fingerprint density at radius 2 is 1.79 bits per heavy atom. The minimum atomic E-state index is -1.25. The lowest BCUT2D eigenvalue weighted by atomic mass is 9.67. The minimum absolute atomic E-state index is 0.0364. The molecular formula is C19H22O5. The number of carboxylic acid groups (broad SMARTS) is 2. The molecule has 1 aliphatic rings. The average molecular weight is 330 g/mol. The Bertz CT molecular complexity index is 687. The van der Waals surface area contributed by atoms with E-state index in [0.717, 1.165) is 5.56 Å². The predicted molar refractivity (Wildman–Crippen MR) is 89.6 cm³/mol. The van der Waals surface area contributed by atoms with E-state index >= 15 is 0 Å². The summed E-state index contributed by atoms with van der Waals surface area (Å²) in [6.07, 6.45) is 2.59. The number of aryl methyl sites for hydroxylation is 1. The van der Waals surface area contributed by atoms with Gasteiger partial charge in [0, 0.05) is 12.2 Å². The Balaban J connectivity index is 2.40. The molecule has 0 heterocycles. The third-order valence-corrected chi connectivity index (χ3v) is 4.79. The molecule has 5 nitrogen and oxygen atoms in total. The van der Waals surface area contributed by atoms with Gasteiger partial charge < -0.3 is 15.3 Å². The first-order valence-corrected chi connectivity index (χ1v) is 7.93. The van der Waals surface area contributed by atoms with Crippen LogP contribution in [0.4, 0.5) is 0 Å². The second-order valence-corrected chi connectivity index (χ2v) is 6.15. The van der Waals surface area contributed by atoms with E-state index < -0.39 is 17.4 Å². The lowest BCUT2D eigenvalue weighted by Gasteiger charge is -2.35. The summed E-state index contributed by atoms with van der Waals surface area (Å²) >= 11 is 0. The maximum atomic E-state index is 12.1. The van der Waals surface area contributed by atoms with Gasteiger partial charge in [0.05, 0.1) is 5.41 Å². The molecule has 0 amide bonds. The van der Waals surface area contributed by atoms with Crippen LogP contribution in [-0.4, -0.2) is 33.9 Å². The number of allylic oxidation sites excluding steroid dienone is 1. The average Bonchev–Trinajstić information content (AvgIpc) is 2.56. The molecule has 5 heteroatoms. The summed E-state index contributed by atoms with van der Waals surface area (Å²) in [5.74, 6) is -2.12. The first kappa shape index (κ1) is 17.9. The van der Waals surface area contributed by atoms with Crippen LogP contribution in [0.3, 0.4) is 0 Å². The lowest BCUT2D eigenvalue weighted by molar-refractivity contribution is -0.147. The van der Waals surface area contributed by atoms with E-state index in [4.69, 9.17) is 0 Å². The fourth-order valence-electron chi connectivity index (χ4n) is 3.27. The molecule has 1 unspecified atom stereocenters. The van der Waals surface area contributed by atoms with E-state index in [0.29, 0.717) is 24.0 Å². The SMILES string of the molecule is CC1=C(CCO)C=C(C(=O)O)CC1(CCc1ccccc1)C(=O)O. The van der Waals surface area contributed by atoms with Crippen molar-refractivity contribution < 1.29 is 24.9 Å². The number of aliphatic hydroxyl groups excluding tert-OH is 1. The highest BCUT2D eigenvalue weighted by Gasteiger charge is 2.44. The standard InChI is InChI=1S/C19H22O5/c1-13-15(8-10-20)11-16(17(21)22)12-19(13,18(23)24)9-7-14-5-3-2-4-6-14/h2-6,11,20H,7-10,12H2,1H3,(H,21,22)(H,23,24). The monoisotopic (exact) mass is 330 g/mol. The van der Waals surface area contributed by atoms with Gasteiger partial charge in [0.1, 0.15) is 0 Å². The molecule has 0 bridgehead atoms. The molecule has 0 saturated carbocycles. The van der Waals surface area contributed by atoms with Crippen molar-refractivity contribution in [1.82, 2.24) is 0 Å². The number of hydrogen-bond acceptors (Lipinski definition) is 3. The molecule has 24 heavy (non-hydrogen) atoms. The van der Waals surface area contributed by atoms with Crippen molar-refractivity contribution in [3.8, 4) is 0 Å². The van der Waals surface area contributed by atoms with Gasteiger partial charge in [0.15, 0.2) is 0 Å². The van der Waals surface area contributed by atoms with E-state index in [1.54, 1.807) is 6.92 Å². The van der Waals surface area contributed by atoms with Crippen molar-refractivity contribution in [2.75, 3.05) is 6.61 Å². The van der Waals surface area contributed by atoms with Crippen molar-refractivity contribution in [2.24, 2.45) is 5.41 Å². The maximum Gasteiger partial charge on any atom is 0.331 e. The minimum Gasteiger partial charge on any atom is -0.481 e. The van der Waals surface area contributed by atoms with E-state index in [1.807, 2.05) is 30.3 Å². The van der Waals surface area contributed by atoms with Crippen molar-refractivity contribution in [1.29, 1.82) is 0 Å². The van der Waals surface area contributed by atoms with Gasteiger partial charge in [-0.25, -0.2) is 4.79 Å². The van der Waals surface area contributed by atoms with Gasteiger partial charge in [-0.1, -0.05) is 35.9 Å². The first-order chi connectivity index (χ1) is 11.4. The Kier molecular flexibility index (Phi) is 5.57. The van der Waals surface area contributed by atoms with Crippen LogP contribution in [0.25, 0.3) is 0 Å². The highest BCUT2D eigenvalue weighted by molar-refractivity contribution is 5.91. The van der Waals surface area contributed by atoms with Gasteiger partial charge in [0.2, 0.25) is 0 Å². The second kappa shape index (κ2) is 7.45. The first-order valence-electron chi connectivity index (χ1n) is 7.93. The summed E-state index contributed by atoms with van der Waals surface area (Å²) in [5, 5.41) is 28.5. The molecule has 1 atom stereocenters. The van der Waals surface area contributed by atoms with Crippen molar-refractivity contribution in [3.63, 3.8) is 0 Å². The summed E-state index contributed by atoms with van der Waals surface area (Å²) in [7, 11) is 0. The number of rotatable bonds is 7. The van der Waals surface area contributed by atoms with E-state index in [2.05, 4.69) is 0 Å². The molecular weight excluding hydrogens is 308 g/mol. The fourth-order valence-corrected chi connectivity index (χ4v) is 3.27. The van der Waals surface area contributed by atoms with E-state index in [1.165, 1.54) is 6.08 Å². The highest BCUT2D eigenvalue weighted by atomic mass is 16.4. The number of aliphatic hydroxyl groups is 1. The number of hydrogen-bond donors (Lipinski definition) is 3. The molecule has 2 rings (SSSR count). The van der Waals surface area contributed by atoms with Crippen LogP contribution in [0.5, 0.6) is 0 Å². The van der Waals surface area contributed by atoms with Crippen LogP contribution in [0.15, 0.2) is 53.1 Å². The van der Waals surface area contributed by atoms with Gasteiger partial charge in [-0.2, -0.15) is 0 Å². The Hall–Kier alpha value is -2.40. The zero-order chi connectivity index (χ0) is 17.7. The normalized spacial score (nSPS) is 20.7. The highest BCUT2D eigenvalue weighted by Crippen LogP contribution is 2.45. The zero-order valence-corrected chi connectivity index (χ0v) is 13.7. The largest absolute Gasteiger partial charge is 0.481 e. The molecule has 1 aromatic carbocycles. The molecule has 0 saturated heterocycles. The number of aliphatic carboxylic acids is 2. The fraction of sp³-hybridized carbons (Fsp3) is 0.368. The molecule has 3 N–H and O–H groups in total. The van der Waals surface area contributed by atoms with Gasteiger partial charge in [-0.15, -0.1) is 0 Å². The number of benzene rings is 1. The second-order valence-electron chi connectivity index (χ2n) is 6.15. The summed E-state index contributed by atoms with van der Waals surface area (Å²) in [6, 6.07) is 9.55. The predicted octanol–water partition coefficient (Wildman–Crippen LogP) is 2.80. The van der Waals surface area contributed by atoms with Crippen LogP contribution in [0.1, 0.15) is 31.7 Å². The van der Waals surface area contributed by atoms with Crippen LogP contribution in [0, 0.1) is 5.41 Å². The van der Waals surface area contributed by atoms with Crippen molar-refractivity contribution in [2.45, 2.75) is 32.6 Å². The van der Waals surface area contributed by atoms with E-state index in [-0.39, 0.29) is 25.0 Å². The molecule has 0 fully saturated rings. The summed E-state index contributed by atoms with van der Waals surface area (Å²) in [4.78, 5) is 23.6. The number of carboxylic acids is 2. The Morgan fingerprint density at radius 1 is 1.12 bits per heavy atom. The molecule has 1 aliphatic carbocycles. The zero-order valence-electron chi connectivity index (χ0n) is 13.7. The summed E-state index contributed by atoms with van der Waals surface area (Å²) in [6.45, 7) is 1.59. The van der Waals surface area contributed by atoms with Gasteiger partial charge in [-0.3, -0.25) is 4.79 Å². The van der Waals surface area contributed by atoms with E-state index in [9.17, 15) is 24.9 Å². The maximum absolute atomic E-state index is 12.1. The summed E-state index contributed by atoms with van der Waals surface area (Å²) < 4.78 is 0. The molecule has 128 valence electrons. The van der Waals surface area contributed by atoms with Crippen molar-refractivity contribution >= 4 is 11.9 Å². The van der Waals surface area contributed by atoms with Crippen LogP contribution in [-0.2, 0) is 16.0 Å².